The fraction of sp³-hybridized carbons (Fsp3) is 0.500. The van der Waals surface area contributed by atoms with Gasteiger partial charge in [-0.25, -0.2) is 8.42 Å². The first kappa shape index (κ1) is 24.3. The third-order valence-electron chi connectivity index (χ3n) is 6.52. The first-order valence-corrected chi connectivity index (χ1v) is 13.3. The van der Waals surface area contributed by atoms with Gasteiger partial charge in [-0.15, -0.1) is 0 Å². The molecule has 34 heavy (non-hydrogen) atoms. The minimum Gasteiger partial charge on any atom is -0.469 e. The van der Waals surface area contributed by atoms with Crippen LogP contribution >= 0.6 is 0 Å². The van der Waals surface area contributed by atoms with E-state index in [-0.39, 0.29) is 29.3 Å². The Morgan fingerprint density at radius 3 is 2.68 bits per heavy atom. The summed E-state index contributed by atoms with van der Waals surface area (Å²) in [5.41, 5.74) is 1.27. The highest BCUT2D eigenvalue weighted by atomic mass is 32.2. The van der Waals surface area contributed by atoms with Gasteiger partial charge in [0.05, 0.1) is 22.5 Å². The molecule has 2 aliphatic rings. The van der Waals surface area contributed by atoms with Gasteiger partial charge in [-0.2, -0.15) is 4.31 Å². The largest absolute Gasteiger partial charge is 0.469 e. The zero-order chi connectivity index (χ0) is 24.3. The molecule has 1 saturated heterocycles. The van der Waals surface area contributed by atoms with E-state index in [4.69, 9.17) is 4.42 Å². The highest BCUT2D eigenvalue weighted by Gasteiger charge is 2.40. The molecule has 1 fully saturated rings. The number of carbonyl (C=O) groups excluding carboxylic acids is 2. The summed E-state index contributed by atoms with van der Waals surface area (Å²) in [5, 5.41) is 2.84. The third-order valence-corrected chi connectivity index (χ3v) is 8.57. The SMILES string of the molecule is CCN(CC)S(=O)(=O)c1ccc2c(c1)N(CC(=O)NCCc1ccco1)C(=O)[C@H]1CCCCN21. The molecule has 0 aliphatic carbocycles. The highest BCUT2D eigenvalue weighted by molar-refractivity contribution is 7.89. The molecule has 3 heterocycles. The number of carbonyl (C=O) groups is 2. The van der Waals surface area contributed by atoms with E-state index in [1.165, 1.54) is 9.21 Å². The van der Waals surface area contributed by atoms with Crippen LogP contribution in [0.1, 0.15) is 38.9 Å². The van der Waals surface area contributed by atoms with Crippen molar-refractivity contribution in [1.82, 2.24) is 9.62 Å². The minimum atomic E-state index is -3.71. The maximum atomic E-state index is 13.5. The van der Waals surface area contributed by atoms with Gasteiger partial charge in [-0.05, 0) is 49.6 Å². The van der Waals surface area contributed by atoms with Crippen molar-refractivity contribution in [1.29, 1.82) is 0 Å². The molecule has 2 aromatic rings. The van der Waals surface area contributed by atoms with Crippen molar-refractivity contribution in [2.75, 3.05) is 42.5 Å². The molecule has 9 nitrogen and oxygen atoms in total. The molecule has 184 valence electrons. The topological polar surface area (TPSA) is 103 Å². The predicted molar refractivity (Wildman–Crippen MR) is 129 cm³/mol. The van der Waals surface area contributed by atoms with Crippen LogP contribution in [0.25, 0.3) is 0 Å². The molecule has 2 aliphatic heterocycles. The number of sulfonamides is 1. The number of nitrogens with zero attached hydrogens (tertiary/aromatic N) is 3. The number of rotatable bonds is 9. The Morgan fingerprint density at radius 2 is 1.97 bits per heavy atom. The van der Waals surface area contributed by atoms with Gasteiger partial charge < -0.3 is 14.6 Å². The molecule has 10 heteroatoms. The van der Waals surface area contributed by atoms with Crippen LogP contribution in [-0.2, 0) is 26.0 Å². The van der Waals surface area contributed by atoms with Gasteiger partial charge in [-0.3, -0.25) is 14.5 Å². The molecule has 0 spiro atoms. The van der Waals surface area contributed by atoms with Crippen LogP contribution in [0.5, 0.6) is 0 Å². The molecule has 1 aromatic carbocycles. The lowest BCUT2D eigenvalue weighted by Gasteiger charge is -2.45. The Balaban J connectivity index is 1.62. The Labute approximate surface area is 200 Å². The molecule has 1 N–H and O–H groups in total. The average Bonchev–Trinajstić information content (AvgIpc) is 3.35. The minimum absolute atomic E-state index is 0.126. The van der Waals surface area contributed by atoms with Crippen LogP contribution in [0, 0.1) is 0 Å². The monoisotopic (exact) mass is 488 g/mol. The van der Waals surface area contributed by atoms with Crippen LogP contribution in [0.3, 0.4) is 0 Å². The summed E-state index contributed by atoms with van der Waals surface area (Å²) in [6, 6.07) is 8.23. The van der Waals surface area contributed by atoms with E-state index in [1.54, 1.807) is 44.4 Å². The maximum absolute atomic E-state index is 13.5. The molecule has 1 aromatic heterocycles. The first-order chi connectivity index (χ1) is 16.4. The Hall–Kier alpha value is -2.85. The van der Waals surface area contributed by atoms with Gasteiger partial charge in [0.2, 0.25) is 21.8 Å². The van der Waals surface area contributed by atoms with Crippen LogP contribution in [0.2, 0.25) is 0 Å². The van der Waals surface area contributed by atoms with Crippen molar-refractivity contribution in [3.8, 4) is 0 Å². The van der Waals surface area contributed by atoms with Crippen LogP contribution in [0.4, 0.5) is 11.4 Å². The number of anilines is 2. The number of furan rings is 1. The molecule has 0 bridgehead atoms. The van der Waals surface area contributed by atoms with E-state index in [1.807, 2.05) is 6.07 Å². The summed E-state index contributed by atoms with van der Waals surface area (Å²) in [4.78, 5) is 29.8. The van der Waals surface area contributed by atoms with Gasteiger partial charge in [0.15, 0.2) is 0 Å². The standard InChI is InChI=1S/C24H32N4O5S/c1-3-26(4-2)34(31,32)19-10-11-20-22(16-19)28(24(30)21-9-5-6-14-27(20)21)17-23(29)25-13-12-18-8-7-15-33-18/h7-8,10-11,15-16,21H,3-6,9,12-14,17H2,1-2H3,(H,25,29)/t21-/m1/s1. The Morgan fingerprint density at radius 1 is 1.18 bits per heavy atom. The smallest absolute Gasteiger partial charge is 0.250 e. The van der Waals surface area contributed by atoms with Gasteiger partial charge in [0, 0.05) is 32.6 Å². The molecule has 1 atom stereocenters. The molecule has 0 unspecified atom stereocenters. The number of nitrogens with one attached hydrogen (secondary N) is 1. The second-order valence-electron chi connectivity index (χ2n) is 8.55. The van der Waals surface area contributed by atoms with Crippen LogP contribution in [-0.4, -0.2) is 63.3 Å². The van der Waals surface area contributed by atoms with Crippen molar-refractivity contribution in [3.05, 3.63) is 42.4 Å². The van der Waals surface area contributed by atoms with Crippen molar-refractivity contribution < 1.29 is 22.4 Å². The summed E-state index contributed by atoms with van der Waals surface area (Å²) in [6.07, 6.45) is 4.76. The fourth-order valence-corrected chi connectivity index (χ4v) is 6.23. The molecule has 0 radical (unpaired) electrons. The number of piperidine rings is 1. The van der Waals surface area contributed by atoms with Crippen molar-refractivity contribution in [3.63, 3.8) is 0 Å². The van der Waals surface area contributed by atoms with E-state index in [2.05, 4.69) is 10.2 Å². The quantitative estimate of drug-likeness (QED) is 0.581. The number of fused-ring (bicyclic) bond motifs is 3. The van der Waals surface area contributed by atoms with Gasteiger partial charge in [0.25, 0.3) is 0 Å². The second kappa shape index (κ2) is 10.2. The summed E-state index contributed by atoms with van der Waals surface area (Å²) >= 11 is 0. The number of hydrogen-bond donors (Lipinski definition) is 1. The molecular weight excluding hydrogens is 456 g/mol. The van der Waals surface area contributed by atoms with E-state index >= 15 is 0 Å². The summed E-state index contributed by atoms with van der Waals surface area (Å²) in [7, 11) is -3.71. The van der Waals surface area contributed by atoms with Crippen molar-refractivity contribution in [2.45, 2.75) is 50.5 Å². The van der Waals surface area contributed by atoms with Gasteiger partial charge in [0.1, 0.15) is 18.3 Å². The molecule has 4 rings (SSSR count). The molecule has 0 saturated carbocycles. The second-order valence-corrected chi connectivity index (χ2v) is 10.5. The van der Waals surface area contributed by atoms with Crippen molar-refractivity contribution in [2.24, 2.45) is 0 Å². The summed E-state index contributed by atoms with van der Waals surface area (Å²) in [6.45, 7) is 5.24. The van der Waals surface area contributed by atoms with E-state index in [0.29, 0.717) is 38.2 Å². The zero-order valence-electron chi connectivity index (χ0n) is 19.7. The van der Waals surface area contributed by atoms with Gasteiger partial charge in [-0.1, -0.05) is 13.8 Å². The normalized spacial score (nSPS) is 18.1. The van der Waals surface area contributed by atoms with Crippen molar-refractivity contribution >= 4 is 33.2 Å². The fourth-order valence-electron chi connectivity index (χ4n) is 4.75. The van der Waals surface area contributed by atoms with Gasteiger partial charge >= 0.3 is 0 Å². The Bertz CT molecular complexity index is 1130. The van der Waals surface area contributed by atoms with E-state index < -0.39 is 10.0 Å². The molecular formula is C24H32N4O5S. The lowest BCUT2D eigenvalue weighted by molar-refractivity contribution is -0.125. The summed E-state index contributed by atoms with van der Waals surface area (Å²) in [5.74, 6) is 0.307. The number of benzene rings is 1. The van der Waals surface area contributed by atoms with E-state index in [9.17, 15) is 18.0 Å². The summed E-state index contributed by atoms with van der Waals surface area (Å²) < 4.78 is 33.0. The predicted octanol–water partition coefficient (Wildman–Crippen LogP) is 2.37. The molecule has 2 amide bonds. The highest BCUT2D eigenvalue weighted by Crippen LogP contribution is 2.40. The zero-order valence-corrected chi connectivity index (χ0v) is 20.5. The third kappa shape index (κ3) is 4.69. The van der Waals surface area contributed by atoms with Crippen LogP contribution < -0.4 is 15.1 Å². The lowest BCUT2D eigenvalue weighted by Crippen LogP contribution is -2.57. The number of hydrogen-bond acceptors (Lipinski definition) is 6. The van der Waals surface area contributed by atoms with E-state index in [0.717, 1.165) is 30.8 Å². The lowest BCUT2D eigenvalue weighted by atomic mass is 9.96. The maximum Gasteiger partial charge on any atom is 0.250 e. The van der Waals surface area contributed by atoms with Crippen LogP contribution in [0.15, 0.2) is 45.9 Å². The Kier molecular flexibility index (Phi) is 7.27. The number of amides is 2. The first-order valence-electron chi connectivity index (χ1n) is 11.9. The average molecular weight is 489 g/mol.